The highest BCUT2D eigenvalue weighted by molar-refractivity contribution is 5.70. The average Bonchev–Trinajstić information content (AvgIpc) is 2.96. The van der Waals surface area contributed by atoms with Gasteiger partial charge in [0.2, 0.25) is 0 Å². The maximum Gasteiger partial charge on any atom is 0.306 e. The summed E-state index contributed by atoms with van der Waals surface area (Å²) in [6.45, 7) is 4.06. The van der Waals surface area contributed by atoms with Gasteiger partial charge in [0.15, 0.2) is 6.10 Å². The molecular formula is C35H64O5. The fourth-order valence-corrected chi connectivity index (χ4v) is 4.59. The Balaban J connectivity index is 3.58. The largest absolute Gasteiger partial charge is 0.462 e. The van der Waals surface area contributed by atoms with E-state index in [1.807, 2.05) is 0 Å². The number of unbranched alkanes of at least 4 members (excludes halogenated alkanes) is 18. The van der Waals surface area contributed by atoms with Crippen LogP contribution in [0.25, 0.3) is 0 Å². The van der Waals surface area contributed by atoms with Crippen molar-refractivity contribution in [3.8, 4) is 0 Å². The second-order valence-electron chi connectivity index (χ2n) is 11.2. The zero-order chi connectivity index (χ0) is 29.4. The Labute approximate surface area is 247 Å². The van der Waals surface area contributed by atoms with Crippen molar-refractivity contribution in [2.75, 3.05) is 13.2 Å². The molecule has 0 saturated carbocycles. The van der Waals surface area contributed by atoms with Gasteiger partial charge in [-0.1, -0.05) is 122 Å². The molecule has 1 atom stereocenters. The maximum absolute atomic E-state index is 12.1. The van der Waals surface area contributed by atoms with Crippen molar-refractivity contribution in [1.82, 2.24) is 0 Å². The van der Waals surface area contributed by atoms with Gasteiger partial charge in [0.05, 0.1) is 6.61 Å². The molecule has 0 bridgehead atoms. The standard InChI is InChI=1S/C35H64O5/c1-3-5-7-9-11-13-15-16-17-18-20-21-23-25-27-29-34(37)39-32-33(31-36)40-35(38)30-28-26-24-22-19-14-12-10-8-6-4-2/h10,12-13,15,33,36H,3-9,11,14,16-32H2,1-2H3. The van der Waals surface area contributed by atoms with E-state index in [4.69, 9.17) is 9.47 Å². The normalized spacial score (nSPS) is 12.4. The first-order valence-electron chi connectivity index (χ1n) is 16.9. The molecule has 0 radical (unpaired) electrons. The number of carbonyl (C=O) groups is 2. The third kappa shape index (κ3) is 29.4. The lowest BCUT2D eigenvalue weighted by molar-refractivity contribution is -0.161. The monoisotopic (exact) mass is 564 g/mol. The first kappa shape index (κ1) is 38.4. The highest BCUT2D eigenvalue weighted by Gasteiger charge is 2.16. The minimum atomic E-state index is -0.771. The van der Waals surface area contributed by atoms with Gasteiger partial charge in [-0.2, -0.15) is 0 Å². The fraction of sp³-hybridized carbons (Fsp3) is 0.829. The van der Waals surface area contributed by atoms with Crippen LogP contribution in [0.3, 0.4) is 0 Å². The Kier molecular flexibility index (Phi) is 30.6. The SMILES string of the molecule is CCCCC=CCCCCCCCC(=O)OC(CO)COC(=O)CCCCCCCCCC=CCCCCCC. The zero-order valence-corrected chi connectivity index (χ0v) is 26.4. The van der Waals surface area contributed by atoms with Crippen molar-refractivity contribution in [3.63, 3.8) is 0 Å². The maximum atomic E-state index is 12.1. The number of aliphatic hydroxyl groups excluding tert-OH is 1. The lowest BCUT2D eigenvalue weighted by atomic mass is 10.1. The summed E-state index contributed by atoms with van der Waals surface area (Å²) in [5.74, 6) is -0.608. The lowest BCUT2D eigenvalue weighted by Crippen LogP contribution is -2.28. The molecule has 0 aromatic carbocycles. The van der Waals surface area contributed by atoms with E-state index >= 15 is 0 Å². The summed E-state index contributed by atoms with van der Waals surface area (Å²) in [5.41, 5.74) is 0. The molecule has 1 unspecified atom stereocenters. The molecule has 0 aliphatic heterocycles. The van der Waals surface area contributed by atoms with Crippen LogP contribution < -0.4 is 0 Å². The summed E-state index contributed by atoms with van der Waals surface area (Å²) in [6, 6.07) is 0. The number of carbonyl (C=O) groups excluding carboxylic acids is 2. The molecule has 0 amide bonds. The molecule has 0 fully saturated rings. The van der Waals surface area contributed by atoms with Gasteiger partial charge in [-0.25, -0.2) is 0 Å². The van der Waals surface area contributed by atoms with Crippen LogP contribution >= 0.6 is 0 Å². The zero-order valence-electron chi connectivity index (χ0n) is 26.4. The molecule has 0 saturated heterocycles. The van der Waals surface area contributed by atoms with Crippen LogP contribution in [0.15, 0.2) is 24.3 Å². The molecule has 1 N–H and O–H groups in total. The van der Waals surface area contributed by atoms with Gasteiger partial charge >= 0.3 is 11.9 Å². The van der Waals surface area contributed by atoms with Crippen molar-refractivity contribution in [1.29, 1.82) is 0 Å². The molecule has 0 rings (SSSR count). The van der Waals surface area contributed by atoms with Crippen molar-refractivity contribution in [2.24, 2.45) is 0 Å². The summed E-state index contributed by atoms with van der Waals surface area (Å²) in [7, 11) is 0. The van der Waals surface area contributed by atoms with E-state index in [1.54, 1.807) is 0 Å². The quantitative estimate of drug-likeness (QED) is 0.0534. The Morgan fingerprint density at radius 3 is 1.43 bits per heavy atom. The van der Waals surface area contributed by atoms with Crippen LogP contribution in [0, 0.1) is 0 Å². The Morgan fingerprint density at radius 2 is 0.950 bits per heavy atom. The molecule has 0 aliphatic carbocycles. The molecule has 0 heterocycles. The Hall–Kier alpha value is -1.62. The van der Waals surface area contributed by atoms with E-state index in [2.05, 4.69) is 38.2 Å². The molecule has 5 nitrogen and oxygen atoms in total. The number of esters is 2. The van der Waals surface area contributed by atoms with E-state index in [0.29, 0.717) is 12.8 Å². The highest BCUT2D eigenvalue weighted by Crippen LogP contribution is 2.12. The minimum absolute atomic E-state index is 0.0694. The summed E-state index contributed by atoms with van der Waals surface area (Å²) < 4.78 is 10.5. The topological polar surface area (TPSA) is 72.8 Å². The van der Waals surface area contributed by atoms with E-state index in [1.165, 1.54) is 96.3 Å². The molecule has 0 aromatic heterocycles. The Bertz CT molecular complexity index is 613. The fourth-order valence-electron chi connectivity index (χ4n) is 4.59. The Morgan fingerprint density at radius 1 is 0.550 bits per heavy atom. The third-order valence-electron chi connectivity index (χ3n) is 7.22. The third-order valence-corrected chi connectivity index (χ3v) is 7.22. The molecule has 40 heavy (non-hydrogen) atoms. The van der Waals surface area contributed by atoms with Gasteiger partial charge in [0, 0.05) is 12.8 Å². The van der Waals surface area contributed by atoms with Gasteiger partial charge in [-0.05, 0) is 57.8 Å². The van der Waals surface area contributed by atoms with E-state index < -0.39 is 6.10 Å². The van der Waals surface area contributed by atoms with Gasteiger partial charge in [0.25, 0.3) is 0 Å². The summed E-state index contributed by atoms with van der Waals surface area (Å²) >= 11 is 0. The first-order valence-corrected chi connectivity index (χ1v) is 16.9. The molecule has 0 aromatic rings. The van der Waals surface area contributed by atoms with Crippen LogP contribution in [-0.4, -0.2) is 36.4 Å². The van der Waals surface area contributed by atoms with E-state index in [0.717, 1.165) is 44.9 Å². The van der Waals surface area contributed by atoms with Crippen molar-refractivity contribution in [3.05, 3.63) is 24.3 Å². The predicted molar refractivity (Wildman–Crippen MR) is 168 cm³/mol. The van der Waals surface area contributed by atoms with Crippen LogP contribution in [0.2, 0.25) is 0 Å². The molecule has 0 aliphatic rings. The number of rotatable bonds is 30. The molecule has 234 valence electrons. The second-order valence-corrected chi connectivity index (χ2v) is 11.2. The molecular weight excluding hydrogens is 500 g/mol. The number of hydrogen-bond acceptors (Lipinski definition) is 5. The van der Waals surface area contributed by atoms with Crippen LogP contribution in [-0.2, 0) is 19.1 Å². The smallest absolute Gasteiger partial charge is 0.306 e. The van der Waals surface area contributed by atoms with Crippen LogP contribution in [0.4, 0.5) is 0 Å². The number of hydrogen-bond donors (Lipinski definition) is 1. The number of aliphatic hydroxyl groups is 1. The van der Waals surface area contributed by atoms with Gasteiger partial charge in [-0.15, -0.1) is 0 Å². The van der Waals surface area contributed by atoms with Crippen LogP contribution in [0.5, 0.6) is 0 Å². The molecule has 5 heteroatoms. The highest BCUT2D eigenvalue weighted by atomic mass is 16.6. The summed E-state index contributed by atoms with van der Waals surface area (Å²) in [4.78, 5) is 24.1. The van der Waals surface area contributed by atoms with Crippen molar-refractivity contribution in [2.45, 2.75) is 174 Å². The second kappa shape index (κ2) is 31.9. The van der Waals surface area contributed by atoms with Crippen molar-refractivity contribution >= 4 is 11.9 Å². The van der Waals surface area contributed by atoms with Gasteiger partial charge < -0.3 is 14.6 Å². The average molecular weight is 565 g/mol. The van der Waals surface area contributed by atoms with Crippen LogP contribution in [0.1, 0.15) is 168 Å². The molecule has 0 spiro atoms. The van der Waals surface area contributed by atoms with E-state index in [-0.39, 0.29) is 25.2 Å². The summed E-state index contributed by atoms with van der Waals surface area (Å²) in [6.07, 6.45) is 35.1. The lowest BCUT2D eigenvalue weighted by Gasteiger charge is -2.15. The summed E-state index contributed by atoms with van der Waals surface area (Å²) in [5, 5.41) is 9.49. The first-order chi connectivity index (χ1) is 19.6. The van der Waals surface area contributed by atoms with Crippen molar-refractivity contribution < 1.29 is 24.2 Å². The predicted octanol–water partition coefficient (Wildman–Crippen LogP) is 9.95. The van der Waals surface area contributed by atoms with Gasteiger partial charge in [0.1, 0.15) is 6.61 Å². The number of allylic oxidation sites excluding steroid dienone is 4. The van der Waals surface area contributed by atoms with E-state index in [9.17, 15) is 14.7 Å². The van der Waals surface area contributed by atoms with Gasteiger partial charge in [-0.3, -0.25) is 9.59 Å². The number of ether oxygens (including phenoxy) is 2. The minimum Gasteiger partial charge on any atom is -0.462 e.